The maximum absolute atomic E-state index is 12.7. The Labute approximate surface area is 98.9 Å². The molecule has 17 heavy (non-hydrogen) atoms. The second kappa shape index (κ2) is 4.91. The van der Waals surface area contributed by atoms with Crippen LogP contribution < -0.4 is 0 Å². The zero-order valence-corrected chi connectivity index (χ0v) is 9.56. The van der Waals surface area contributed by atoms with Crippen molar-refractivity contribution in [2.75, 3.05) is 0 Å². The standard InChI is InChI=1S/C13H13FN2O/c1-10-15-6-7-16(10)9-13(17)8-11-2-4-12(14)5-3-11/h2-7H,8-9H2,1H3. The minimum absolute atomic E-state index is 0.0812. The second-order valence-electron chi connectivity index (χ2n) is 3.94. The molecule has 0 spiro atoms. The summed E-state index contributed by atoms with van der Waals surface area (Å²) in [7, 11) is 0. The molecule has 0 saturated carbocycles. The Morgan fingerprint density at radius 3 is 2.65 bits per heavy atom. The molecule has 0 bridgehead atoms. The molecule has 2 aromatic rings. The lowest BCUT2D eigenvalue weighted by Gasteiger charge is -2.04. The smallest absolute Gasteiger partial charge is 0.156 e. The first kappa shape index (κ1) is 11.5. The highest BCUT2D eigenvalue weighted by Crippen LogP contribution is 2.05. The minimum atomic E-state index is -0.286. The summed E-state index contributed by atoms with van der Waals surface area (Å²) in [6.45, 7) is 2.16. The van der Waals surface area contributed by atoms with Crippen LogP contribution in [0.25, 0.3) is 0 Å². The van der Waals surface area contributed by atoms with Crippen LogP contribution in [0.4, 0.5) is 4.39 Å². The molecule has 0 fully saturated rings. The molecule has 1 aromatic carbocycles. The SMILES string of the molecule is Cc1nccn1CC(=O)Cc1ccc(F)cc1. The Balaban J connectivity index is 1.98. The highest BCUT2D eigenvalue weighted by molar-refractivity contribution is 5.80. The van der Waals surface area contributed by atoms with Crippen molar-refractivity contribution in [2.24, 2.45) is 0 Å². The molecule has 0 atom stereocenters. The summed E-state index contributed by atoms with van der Waals surface area (Å²) in [6, 6.07) is 6.00. The lowest BCUT2D eigenvalue weighted by atomic mass is 10.1. The first-order valence-corrected chi connectivity index (χ1v) is 5.39. The molecule has 0 amide bonds. The number of aryl methyl sites for hydroxylation is 1. The Morgan fingerprint density at radius 2 is 2.06 bits per heavy atom. The summed E-state index contributed by atoms with van der Waals surface area (Å²) in [6.07, 6.45) is 3.76. The van der Waals surface area contributed by atoms with Gasteiger partial charge < -0.3 is 4.57 Å². The molecule has 0 radical (unpaired) electrons. The fourth-order valence-electron chi connectivity index (χ4n) is 1.65. The average Bonchev–Trinajstić information content (AvgIpc) is 2.68. The number of nitrogens with zero attached hydrogens (tertiary/aromatic N) is 2. The van der Waals surface area contributed by atoms with Crippen LogP contribution in [-0.2, 0) is 17.8 Å². The van der Waals surface area contributed by atoms with E-state index in [9.17, 15) is 9.18 Å². The molecule has 1 heterocycles. The van der Waals surface area contributed by atoms with E-state index in [2.05, 4.69) is 4.98 Å². The maximum atomic E-state index is 12.7. The molecule has 0 aliphatic heterocycles. The molecule has 3 nitrogen and oxygen atoms in total. The monoisotopic (exact) mass is 232 g/mol. The maximum Gasteiger partial charge on any atom is 0.156 e. The fraction of sp³-hybridized carbons (Fsp3) is 0.231. The van der Waals surface area contributed by atoms with Crippen molar-refractivity contribution in [3.8, 4) is 0 Å². The number of imidazole rings is 1. The number of Topliss-reactive ketones (excluding diaryl/α,β-unsaturated/α-hetero) is 1. The number of hydrogen-bond acceptors (Lipinski definition) is 2. The van der Waals surface area contributed by atoms with Gasteiger partial charge in [0, 0.05) is 18.8 Å². The van der Waals surface area contributed by atoms with Crippen molar-refractivity contribution in [1.82, 2.24) is 9.55 Å². The first-order chi connectivity index (χ1) is 8.15. The van der Waals surface area contributed by atoms with Gasteiger partial charge in [0.2, 0.25) is 0 Å². The van der Waals surface area contributed by atoms with E-state index in [-0.39, 0.29) is 11.6 Å². The van der Waals surface area contributed by atoms with Crippen LogP contribution in [0, 0.1) is 12.7 Å². The number of benzene rings is 1. The lowest BCUT2D eigenvalue weighted by molar-refractivity contribution is -0.119. The quantitative estimate of drug-likeness (QED) is 0.809. The molecule has 0 aliphatic carbocycles. The predicted molar refractivity (Wildman–Crippen MR) is 62.1 cm³/mol. The number of rotatable bonds is 4. The van der Waals surface area contributed by atoms with Crippen molar-refractivity contribution in [2.45, 2.75) is 19.9 Å². The summed E-state index contributed by atoms with van der Waals surface area (Å²) in [5.41, 5.74) is 0.828. The third-order valence-electron chi connectivity index (χ3n) is 2.58. The van der Waals surface area contributed by atoms with E-state index in [1.807, 2.05) is 6.92 Å². The Hall–Kier alpha value is -1.97. The molecule has 0 aliphatic rings. The van der Waals surface area contributed by atoms with E-state index in [0.717, 1.165) is 11.4 Å². The van der Waals surface area contributed by atoms with Crippen LogP contribution in [0.3, 0.4) is 0 Å². The Bertz CT molecular complexity index is 516. The van der Waals surface area contributed by atoms with Gasteiger partial charge in [-0.1, -0.05) is 12.1 Å². The Kier molecular flexibility index (Phi) is 3.32. The highest BCUT2D eigenvalue weighted by atomic mass is 19.1. The summed E-state index contributed by atoms with van der Waals surface area (Å²) < 4.78 is 14.5. The predicted octanol–water partition coefficient (Wildman–Crippen LogP) is 2.14. The van der Waals surface area contributed by atoms with Crippen molar-refractivity contribution in [3.05, 3.63) is 53.9 Å². The van der Waals surface area contributed by atoms with Crippen molar-refractivity contribution < 1.29 is 9.18 Å². The molecule has 0 unspecified atom stereocenters. The minimum Gasteiger partial charge on any atom is -0.328 e. The van der Waals surface area contributed by atoms with E-state index >= 15 is 0 Å². The zero-order chi connectivity index (χ0) is 12.3. The number of carbonyl (C=O) groups is 1. The van der Waals surface area contributed by atoms with Crippen molar-refractivity contribution >= 4 is 5.78 Å². The van der Waals surface area contributed by atoms with Crippen molar-refractivity contribution in [1.29, 1.82) is 0 Å². The van der Waals surface area contributed by atoms with Gasteiger partial charge in [0.15, 0.2) is 5.78 Å². The number of halogens is 1. The van der Waals surface area contributed by atoms with Crippen LogP contribution in [0.1, 0.15) is 11.4 Å². The summed E-state index contributed by atoms with van der Waals surface area (Å²) in [4.78, 5) is 15.8. The summed E-state index contributed by atoms with van der Waals surface area (Å²) in [5.74, 6) is 0.613. The van der Waals surface area contributed by atoms with Gasteiger partial charge in [-0.2, -0.15) is 0 Å². The average molecular weight is 232 g/mol. The number of aromatic nitrogens is 2. The molecular weight excluding hydrogens is 219 g/mol. The number of carbonyl (C=O) groups excluding carboxylic acids is 1. The van der Waals surface area contributed by atoms with E-state index in [4.69, 9.17) is 0 Å². The molecule has 0 saturated heterocycles. The zero-order valence-electron chi connectivity index (χ0n) is 9.56. The van der Waals surface area contributed by atoms with Crippen LogP contribution in [-0.4, -0.2) is 15.3 Å². The molecule has 4 heteroatoms. The van der Waals surface area contributed by atoms with Crippen LogP contribution in [0.2, 0.25) is 0 Å². The Morgan fingerprint density at radius 1 is 1.35 bits per heavy atom. The van der Waals surface area contributed by atoms with Gasteiger partial charge in [0.1, 0.15) is 11.6 Å². The van der Waals surface area contributed by atoms with Gasteiger partial charge in [-0.05, 0) is 24.6 Å². The topological polar surface area (TPSA) is 34.9 Å². The van der Waals surface area contributed by atoms with Crippen LogP contribution in [0.5, 0.6) is 0 Å². The normalized spacial score (nSPS) is 10.5. The molecule has 1 aromatic heterocycles. The van der Waals surface area contributed by atoms with E-state index < -0.39 is 0 Å². The van der Waals surface area contributed by atoms with Crippen LogP contribution in [0.15, 0.2) is 36.7 Å². The largest absolute Gasteiger partial charge is 0.328 e. The molecule has 0 N–H and O–H groups in total. The number of ketones is 1. The lowest BCUT2D eigenvalue weighted by Crippen LogP contribution is -2.13. The van der Waals surface area contributed by atoms with E-state index in [0.29, 0.717) is 13.0 Å². The second-order valence-corrected chi connectivity index (χ2v) is 3.94. The fourth-order valence-corrected chi connectivity index (χ4v) is 1.65. The molecule has 88 valence electrons. The molecular formula is C13H13FN2O. The number of hydrogen-bond donors (Lipinski definition) is 0. The van der Waals surface area contributed by atoms with Gasteiger partial charge in [-0.15, -0.1) is 0 Å². The van der Waals surface area contributed by atoms with E-state index in [1.54, 1.807) is 29.1 Å². The van der Waals surface area contributed by atoms with Gasteiger partial charge >= 0.3 is 0 Å². The molecule has 2 rings (SSSR count). The summed E-state index contributed by atoms with van der Waals surface area (Å²) in [5, 5.41) is 0. The summed E-state index contributed by atoms with van der Waals surface area (Å²) >= 11 is 0. The highest BCUT2D eigenvalue weighted by Gasteiger charge is 2.06. The van der Waals surface area contributed by atoms with Gasteiger partial charge in [0.25, 0.3) is 0 Å². The third kappa shape index (κ3) is 3.00. The van der Waals surface area contributed by atoms with Gasteiger partial charge in [-0.3, -0.25) is 4.79 Å². The third-order valence-corrected chi connectivity index (χ3v) is 2.58. The van der Waals surface area contributed by atoms with Gasteiger partial charge in [-0.25, -0.2) is 9.37 Å². The van der Waals surface area contributed by atoms with Gasteiger partial charge in [0.05, 0.1) is 6.54 Å². The van der Waals surface area contributed by atoms with E-state index in [1.165, 1.54) is 12.1 Å². The van der Waals surface area contributed by atoms with Crippen LogP contribution >= 0.6 is 0 Å². The van der Waals surface area contributed by atoms with Crippen molar-refractivity contribution in [3.63, 3.8) is 0 Å². The first-order valence-electron chi connectivity index (χ1n) is 5.39.